The van der Waals surface area contributed by atoms with Crippen LogP contribution in [-0.4, -0.2) is 23.4 Å². The number of esters is 1. The Morgan fingerprint density at radius 3 is 2.69 bits per heavy atom. The van der Waals surface area contributed by atoms with Crippen LogP contribution in [0.5, 0.6) is 0 Å². The zero-order chi connectivity index (χ0) is 18.9. The van der Waals surface area contributed by atoms with E-state index < -0.39 is 16.8 Å². The maximum absolute atomic E-state index is 12.0. The SMILES string of the molecule is CCCOC(=O)c1cccc(NC(=O)/C=C/c2cccc([N+](=O)[O-])c2)c1. The summed E-state index contributed by atoms with van der Waals surface area (Å²) < 4.78 is 5.05. The van der Waals surface area contributed by atoms with Crippen LogP contribution in [0.2, 0.25) is 0 Å². The van der Waals surface area contributed by atoms with E-state index in [9.17, 15) is 19.7 Å². The number of nitro groups is 1. The van der Waals surface area contributed by atoms with Crippen molar-refractivity contribution in [2.45, 2.75) is 13.3 Å². The first kappa shape index (κ1) is 18.9. The quantitative estimate of drug-likeness (QED) is 0.353. The van der Waals surface area contributed by atoms with Crippen molar-refractivity contribution in [1.29, 1.82) is 0 Å². The van der Waals surface area contributed by atoms with Crippen LogP contribution in [0.25, 0.3) is 6.08 Å². The van der Waals surface area contributed by atoms with Crippen molar-refractivity contribution >= 4 is 29.3 Å². The van der Waals surface area contributed by atoms with Gasteiger partial charge in [-0.15, -0.1) is 0 Å². The third-order valence-corrected chi connectivity index (χ3v) is 3.31. The molecule has 1 N–H and O–H groups in total. The lowest BCUT2D eigenvalue weighted by Crippen LogP contribution is -2.10. The summed E-state index contributed by atoms with van der Waals surface area (Å²) in [7, 11) is 0. The molecule has 0 saturated carbocycles. The predicted molar refractivity (Wildman–Crippen MR) is 97.8 cm³/mol. The van der Waals surface area contributed by atoms with Gasteiger partial charge < -0.3 is 10.1 Å². The van der Waals surface area contributed by atoms with Crippen molar-refractivity contribution in [3.8, 4) is 0 Å². The molecule has 0 fully saturated rings. The van der Waals surface area contributed by atoms with E-state index in [2.05, 4.69) is 5.32 Å². The number of benzene rings is 2. The first-order valence-electron chi connectivity index (χ1n) is 8.00. The number of non-ortho nitro benzene ring substituents is 1. The maximum atomic E-state index is 12.0. The molecule has 7 nitrogen and oxygen atoms in total. The molecule has 7 heteroatoms. The van der Waals surface area contributed by atoms with Crippen LogP contribution < -0.4 is 5.32 Å². The van der Waals surface area contributed by atoms with Gasteiger partial charge in [-0.1, -0.05) is 25.1 Å². The summed E-state index contributed by atoms with van der Waals surface area (Å²) in [5.41, 5.74) is 1.28. The van der Waals surface area contributed by atoms with Crippen molar-refractivity contribution in [3.63, 3.8) is 0 Å². The van der Waals surface area contributed by atoms with Crippen LogP contribution in [0.4, 0.5) is 11.4 Å². The number of nitrogens with one attached hydrogen (secondary N) is 1. The molecule has 1 amide bonds. The molecular formula is C19H18N2O5. The molecule has 0 radical (unpaired) electrons. The molecule has 2 aromatic carbocycles. The molecule has 0 spiro atoms. The second-order valence-corrected chi connectivity index (χ2v) is 5.39. The lowest BCUT2D eigenvalue weighted by Gasteiger charge is -2.06. The highest BCUT2D eigenvalue weighted by molar-refractivity contribution is 6.02. The molecule has 0 saturated heterocycles. The van der Waals surface area contributed by atoms with E-state index in [-0.39, 0.29) is 5.69 Å². The Labute approximate surface area is 150 Å². The third-order valence-electron chi connectivity index (χ3n) is 3.31. The van der Waals surface area contributed by atoms with Gasteiger partial charge in [0, 0.05) is 23.9 Å². The fraction of sp³-hybridized carbons (Fsp3) is 0.158. The van der Waals surface area contributed by atoms with Crippen LogP contribution >= 0.6 is 0 Å². The highest BCUT2D eigenvalue weighted by Crippen LogP contribution is 2.15. The number of carbonyl (C=O) groups excluding carboxylic acids is 2. The second-order valence-electron chi connectivity index (χ2n) is 5.39. The minimum absolute atomic E-state index is 0.0501. The van der Waals surface area contributed by atoms with E-state index in [1.807, 2.05) is 6.92 Å². The van der Waals surface area contributed by atoms with Gasteiger partial charge in [0.05, 0.1) is 17.1 Å². The number of amides is 1. The number of nitro benzene ring substituents is 1. The number of hydrogen-bond acceptors (Lipinski definition) is 5. The van der Waals surface area contributed by atoms with Gasteiger partial charge in [0.15, 0.2) is 0 Å². The molecule has 0 atom stereocenters. The van der Waals surface area contributed by atoms with Gasteiger partial charge in [-0.05, 0) is 36.3 Å². The number of ether oxygens (including phenoxy) is 1. The summed E-state index contributed by atoms with van der Waals surface area (Å²) in [6.07, 6.45) is 3.47. The van der Waals surface area contributed by atoms with Crippen LogP contribution in [-0.2, 0) is 9.53 Å². The van der Waals surface area contributed by atoms with Crippen molar-refractivity contribution in [2.24, 2.45) is 0 Å². The normalized spacial score (nSPS) is 10.5. The van der Waals surface area contributed by atoms with Crippen molar-refractivity contribution in [2.75, 3.05) is 11.9 Å². The molecule has 2 rings (SSSR count). The zero-order valence-corrected chi connectivity index (χ0v) is 14.2. The first-order valence-corrected chi connectivity index (χ1v) is 8.00. The number of anilines is 1. The number of rotatable bonds is 7. The molecule has 0 aliphatic rings. The maximum Gasteiger partial charge on any atom is 0.338 e. The average molecular weight is 354 g/mol. The summed E-state index contributed by atoms with van der Waals surface area (Å²) in [4.78, 5) is 34.1. The molecule has 0 heterocycles. The van der Waals surface area contributed by atoms with Gasteiger partial charge in [0.1, 0.15) is 0 Å². The van der Waals surface area contributed by atoms with Gasteiger partial charge >= 0.3 is 5.97 Å². The van der Waals surface area contributed by atoms with Gasteiger partial charge in [0.2, 0.25) is 5.91 Å². The second kappa shape index (κ2) is 9.12. The predicted octanol–water partition coefficient (Wildman–Crippen LogP) is 3.81. The van der Waals surface area contributed by atoms with Crippen molar-refractivity contribution in [1.82, 2.24) is 0 Å². The van der Waals surface area contributed by atoms with Crippen molar-refractivity contribution in [3.05, 3.63) is 75.8 Å². The van der Waals surface area contributed by atoms with Crippen LogP contribution in [0.15, 0.2) is 54.6 Å². The Morgan fingerprint density at radius 2 is 1.96 bits per heavy atom. The Balaban J connectivity index is 2.02. The molecule has 26 heavy (non-hydrogen) atoms. The monoisotopic (exact) mass is 354 g/mol. The molecule has 2 aromatic rings. The lowest BCUT2D eigenvalue weighted by molar-refractivity contribution is -0.384. The third kappa shape index (κ3) is 5.55. The van der Waals surface area contributed by atoms with E-state index in [0.717, 1.165) is 6.42 Å². The molecule has 134 valence electrons. The largest absolute Gasteiger partial charge is 0.462 e. The Morgan fingerprint density at radius 1 is 1.19 bits per heavy atom. The number of carbonyl (C=O) groups is 2. The van der Waals surface area contributed by atoms with Crippen LogP contribution in [0.1, 0.15) is 29.3 Å². The van der Waals surface area contributed by atoms with E-state index in [1.54, 1.807) is 30.3 Å². The highest BCUT2D eigenvalue weighted by Gasteiger charge is 2.08. The average Bonchev–Trinajstić information content (AvgIpc) is 2.65. The van der Waals surface area contributed by atoms with Gasteiger partial charge in [-0.3, -0.25) is 14.9 Å². The molecule has 0 aromatic heterocycles. The summed E-state index contributed by atoms with van der Waals surface area (Å²) >= 11 is 0. The van der Waals surface area contributed by atoms with E-state index in [0.29, 0.717) is 23.4 Å². The van der Waals surface area contributed by atoms with E-state index in [4.69, 9.17) is 4.74 Å². The summed E-state index contributed by atoms with van der Waals surface area (Å²) in [5, 5.41) is 13.4. The molecular weight excluding hydrogens is 336 g/mol. The topological polar surface area (TPSA) is 98.5 Å². The fourth-order valence-electron chi connectivity index (χ4n) is 2.10. The van der Waals surface area contributed by atoms with Gasteiger partial charge in [0.25, 0.3) is 5.69 Å². The smallest absolute Gasteiger partial charge is 0.338 e. The van der Waals surface area contributed by atoms with Crippen LogP contribution in [0, 0.1) is 10.1 Å². The molecule has 0 aliphatic carbocycles. The minimum atomic E-state index is -0.499. The highest BCUT2D eigenvalue weighted by atomic mass is 16.6. The van der Waals surface area contributed by atoms with Gasteiger partial charge in [-0.25, -0.2) is 4.79 Å². The van der Waals surface area contributed by atoms with E-state index >= 15 is 0 Å². The first-order chi connectivity index (χ1) is 12.5. The lowest BCUT2D eigenvalue weighted by atomic mass is 10.2. The fourth-order valence-corrected chi connectivity index (χ4v) is 2.10. The van der Waals surface area contributed by atoms with Crippen LogP contribution in [0.3, 0.4) is 0 Å². The molecule has 0 unspecified atom stereocenters. The van der Waals surface area contributed by atoms with E-state index in [1.165, 1.54) is 30.4 Å². The van der Waals surface area contributed by atoms with Gasteiger partial charge in [-0.2, -0.15) is 0 Å². The minimum Gasteiger partial charge on any atom is -0.462 e. The summed E-state index contributed by atoms with van der Waals surface area (Å²) in [5.74, 6) is -0.870. The Kier molecular flexibility index (Phi) is 6.61. The van der Waals surface area contributed by atoms with Crippen molar-refractivity contribution < 1.29 is 19.2 Å². The zero-order valence-electron chi connectivity index (χ0n) is 14.2. The summed E-state index contributed by atoms with van der Waals surface area (Å²) in [6.45, 7) is 2.24. The molecule has 0 bridgehead atoms. The Hall–Kier alpha value is -3.48. The molecule has 0 aliphatic heterocycles. The number of hydrogen-bond donors (Lipinski definition) is 1. The Bertz CT molecular complexity index is 845. The summed E-state index contributed by atoms with van der Waals surface area (Å²) in [6, 6.07) is 12.4. The number of nitrogens with zero attached hydrogens (tertiary/aromatic N) is 1. The standard InChI is InChI=1S/C19H18N2O5/c1-2-11-26-19(23)15-6-4-7-16(13-15)20-18(22)10-9-14-5-3-8-17(12-14)21(24)25/h3-10,12-13H,2,11H2,1H3,(H,20,22)/b10-9+.